The Morgan fingerprint density at radius 2 is 1.88 bits per heavy atom. The highest BCUT2D eigenvalue weighted by Crippen LogP contribution is 2.29. The van der Waals surface area contributed by atoms with E-state index in [1.807, 2.05) is 0 Å². The minimum Gasteiger partial charge on any atom is -0.481 e. The minimum atomic E-state index is -1.08. The Morgan fingerprint density at radius 1 is 1.15 bits per heavy atom. The third-order valence-corrected chi connectivity index (χ3v) is 4.10. The number of rotatable bonds is 7. The van der Waals surface area contributed by atoms with Gasteiger partial charge in [-0.1, -0.05) is 41.4 Å². The Morgan fingerprint density at radius 3 is 2.62 bits per heavy atom. The molecule has 0 aliphatic heterocycles. The van der Waals surface area contributed by atoms with Crippen molar-refractivity contribution in [3.8, 4) is 5.75 Å². The summed E-state index contributed by atoms with van der Waals surface area (Å²) >= 11 is 11.9. The number of aldehydes is 1. The molecule has 26 heavy (non-hydrogen) atoms. The predicted octanol–water partition coefficient (Wildman–Crippen LogP) is 3.76. The lowest BCUT2D eigenvalue weighted by atomic mass is 10.2. The topological polar surface area (TPSA) is 81.7 Å². The second kappa shape index (κ2) is 9.22. The first-order chi connectivity index (χ1) is 12.4. The molecule has 2 rings (SSSR count). The van der Waals surface area contributed by atoms with E-state index < -0.39 is 24.6 Å². The van der Waals surface area contributed by atoms with E-state index >= 15 is 0 Å². The zero-order valence-electron chi connectivity index (χ0n) is 13.7. The summed E-state index contributed by atoms with van der Waals surface area (Å²) in [4.78, 5) is 34.8. The number of carbonyl (C=O) groups is 3. The van der Waals surface area contributed by atoms with E-state index in [2.05, 4.69) is 5.32 Å². The second-order valence-corrected chi connectivity index (χ2v) is 5.95. The van der Waals surface area contributed by atoms with Gasteiger partial charge in [-0.25, -0.2) is 4.79 Å². The van der Waals surface area contributed by atoms with E-state index in [-0.39, 0.29) is 15.8 Å². The maximum atomic E-state index is 12.1. The Labute approximate surface area is 160 Å². The van der Waals surface area contributed by atoms with Crippen molar-refractivity contribution in [3.63, 3.8) is 0 Å². The average Bonchev–Trinajstić information content (AvgIpc) is 2.63. The quantitative estimate of drug-likeness (QED) is 0.570. The van der Waals surface area contributed by atoms with Gasteiger partial charge in [0.25, 0.3) is 5.91 Å². The second-order valence-electron chi connectivity index (χ2n) is 5.17. The number of anilines is 1. The molecule has 0 heterocycles. The fourth-order valence-electron chi connectivity index (χ4n) is 1.97. The van der Waals surface area contributed by atoms with Crippen LogP contribution in [-0.4, -0.2) is 30.9 Å². The van der Waals surface area contributed by atoms with E-state index in [1.165, 1.54) is 6.92 Å². The molecule has 0 aliphatic rings. The highest BCUT2D eigenvalue weighted by molar-refractivity contribution is 6.44. The van der Waals surface area contributed by atoms with Crippen LogP contribution in [0.1, 0.15) is 17.3 Å². The molecular formula is C18H15Cl2NO5. The summed E-state index contributed by atoms with van der Waals surface area (Å²) in [7, 11) is 0. The summed E-state index contributed by atoms with van der Waals surface area (Å²) in [6, 6.07) is 11.2. The van der Waals surface area contributed by atoms with Crippen molar-refractivity contribution in [1.82, 2.24) is 0 Å². The molecule has 0 saturated carbocycles. The molecule has 0 saturated heterocycles. The van der Waals surface area contributed by atoms with Crippen LogP contribution in [0.25, 0.3) is 0 Å². The lowest BCUT2D eigenvalue weighted by Crippen LogP contribution is -2.31. The van der Waals surface area contributed by atoms with Gasteiger partial charge in [-0.2, -0.15) is 0 Å². The molecule has 0 bridgehead atoms. The molecule has 0 aromatic heterocycles. The maximum absolute atomic E-state index is 12.1. The first kappa shape index (κ1) is 19.8. The molecule has 0 aliphatic carbocycles. The lowest BCUT2D eigenvalue weighted by molar-refractivity contribution is -0.155. The standard InChI is InChI=1S/C18H15Cl2NO5/c1-11(18(24)21-14-7-4-6-13(19)17(14)20)26-16(23)10-25-15-8-3-2-5-12(15)9-22/h2-9,11H,10H2,1H3,(H,21,24). The van der Waals surface area contributed by atoms with Crippen molar-refractivity contribution >= 4 is 47.1 Å². The summed E-state index contributed by atoms with van der Waals surface area (Å²) < 4.78 is 10.3. The molecule has 1 N–H and O–H groups in total. The number of hydrogen-bond acceptors (Lipinski definition) is 5. The van der Waals surface area contributed by atoms with Crippen molar-refractivity contribution in [2.24, 2.45) is 0 Å². The number of carbonyl (C=O) groups excluding carboxylic acids is 3. The van der Waals surface area contributed by atoms with Gasteiger partial charge in [-0.05, 0) is 31.2 Å². The van der Waals surface area contributed by atoms with E-state index in [9.17, 15) is 14.4 Å². The fourth-order valence-corrected chi connectivity index (χ4v) is 2.31. The Bertz CT molecular complexity index is 825. The van der Waals surface area contributed by atoms with Gasteiger partial charge in [0.1, 0.15) is 5.75 Å². The number of esters is 1. The Kier molecular flexibility index (Phi) is 7.00. The lowest BCUT2D eigenvalue weighted by Gasteiger charge is -2.15. The number of ether oxygens (including phenoxy) is 2. The summed E-state index contributed by atoms with van der Waals surface area (Å²) in [6.45, 7) is 0.964. The highest BCUT2D eigenvalue weighted by atomic mass is 35.5. The van der Waals surface area contributed by atoms with Gasteiger partial charge < -0.3 is 14.8 Å². The van der Waals surface area contributed by atoms with Gasteiger partial charge in [0.15, 0.2) is 19.0 Å². The minimum absolute atomic E-state index is 0.190. The van der Waals surface area contributed by atoms with Crippen LogP contribution in [0.2, 0.25) is 10.0 Å². The van der Waals surface area contributed by atoms with E-state index in [0.29, 0.717) is 17.5 Å². The van der Waals surface area contributed by atoms with Crippen LogP contribution in [-0.2, 0) is 14.3 Å². The van der Waals surface area contributed by atoms with Crippen LogP contribution in [0.15, 0.2) is 42.5 Å². The van der Waals surface area contributed by atoms with Crippen LogP contribution in [0.4, 0.5) is 5.69 Å². The normalized spacial score (nSPS) is 11.3. The van der Waals surface area contributed by atoms with Crippen LogP contribution >= 0.6 is 23.2 Å². The zero-order chi connectivity index (χ0) is 19.1. The Hall–Kier alpha value is -2.57. The number of amides is 1. The van der Waals surface area contributed by atoms with Gasteiger partial charge in [-0.3, -0.25) is 9.59 Å². The monoisotopic (exact) mass is 395 g/mol. The molecule has 8 heteroatoms. The van der Waals surface area contributed by atoms with Crippen LogP contribution in [0.3, 0.4) is 0 Å². The SMILES string of the molecule is CC(OC(=O)COc1ccccc1C=O)C(=O)Nc1cccc(Cl)c1Cl. The van der Waals surface area contributed by atoms with Crippen LogP contribution in [0.5, 0.6) is 5.75 Å². The van der Waals surface area contributed by atoms with Gasteiger partial charge in [0.2, 0.25) is 0 Å². The van der Waals surface area contributed by atoms with Crippen molar-refractivity contribution in [2.45, 2.75) is 13.0 Å². The molecule has 1 atom stereocenters. The maximum Gasteiger partial charge on any atom is 0.344 e. The first-order valence-corrected chi connectivity index (χ1v) is 8.29. The van der Waals surface area contributed by atoms with E-state index in [0.717, 1.165) is 0 Å². The highest BCUT2D eigenvalue weighted by Gasteiger charge is 2.20. The van der Waals surface area contributed by atoms with E-state index in [1.54, 1.807) is 42.5 Å². The summed E-state index contributed by atoms with van der Waals surface area (Å²) in [5.74, 6) is -1.08. The molecule has 2 aromatic rings. The third kappa shape index (κ3) is 5.21. The molecule has 0 fully saturated rings. The van der Waals surface area contributed by atoms with Gasteiger partial charge >= 0.3 is 5.97 Å². The predicted molar refractivity (Wildman–Crippen MR) is 98.0 cm³/mol. The van der Waals surface area contributed by atoms with Crippen molar-refractivity contribution in [1.29, 1.82) is 0 Å². The van der Waals surface area contributed by atoms with Crippen molar-refractivity contribution in [3.05, 3.63) is 58.1 Å². The van der Waals surface area contributed by atoms with Gasteiger partial charge in [0, 0.05) is 0 Å². The van der Waals surface area contributed by atoms with Gasteiger partial charge in [-0.15, -0.1) is 0 Å². The summed E-state index contributed by atoms with van der Waals surface area (Å²) in [6.07, 6.45) is -0.465. The molecule has 0 spiro atoms. The number of benzene rings is 2. The van der Waals surface area contributed by atoms with E-state index in [4.69, 9.17) is 32.7 Å². The number of hydrogen-bond donors (Lipinski definition) is 1. The van der Waals surface area contributed by atoms with Crippen LogP contribution < -0.4 is 10.1 Å². The molecule has 0 radical (unpaired) electrons. The molecule has 1 amide bonds. The summed E-state index contributed by atoms with van der Waals surface area (Å²) in [5, 5.41) is 3.01. The number of nitrogens with one attached hydrogen (secondary N) is 1. The molecule has 1 unspecified atom stereocenters. The number of halogens is 2. The average molecular weight is 396 g/mol. The zero-order valence-corrected chi connectivity index (χ0v) is 15.2. The molecule has 6 nitrogen and oxygen atoms in total. The van der Waals surface area contributed by atoms with Crippen molar-refractivity contribution < 1.29 is 23.9 Å². The van der Waals surface area contributed by atoms with Gasteiger partial charge in [0.05, 0.1) is 21.3 Å². The summed E-state index contributed by atoms with van der Waals surface area (Å²) in [5.41, 5.74) is 0.616. The van der Waals surface area contributed by atoms with Crippen molar-refractivity contribution in [2.75, 3.05) is 11.9 Å². The molecule has 136 valence electrons. The third-order valence-electron chi connectivity index (χ3n) is 3.28. The molecule has 2 aromatic carbocycles. The smallest absolute Gasteiger partial charge is 0.344 e. The fraction of sp³-hybridized carbons (Fsp3) is 0.167. The first-order valence-electron chi connectivity index (χ1n) is 7.53. The number of para-hydroxylation sites is 1. The van der Waals surface area contributed by atoms with Crippen LogP contribution in [0, 0.1) is 0 Å². The molecular weight excluding hydrogens is 381 g/mol. The largest absolute Gasteiger partial charge is 0.481 e. The Balaban J connectivity index is 1.89.